The number of aliphatic imine (C=N–C) groups is 1. The van der Waals surface area contributed by atoms with Gasteiger partial charge in [-0.05, 0) is 62.4 Å². The van der Waals surface area contributed by atoms with Crippen molar-refractivity contribution in [1.82, 2.24) is 15.0 Å². The van der Waals surface area contributed by atoms with Crippen LogP contribution in [0.2, 0.25) is 0 Å². The molecule has 0 spiro atoms. The highest BCUT2D eigenvalue weighted by Crippen LogP contribution is 2.49. The third-order valence-corrected chi connectivity index (χ3v) is 9.57. The van der Waals surface area contributed by atoms with Gasteiger partial charge in [0.05, 0.1) is 23.0 Å². The molecule has 0 unspecified atom stereocenters. The molecule has 1 saturated carbocycles. The second-order valence-corrected chi connectivity index (χ2v) is 11.5. The van der Waals surface area contributed by atoms with E-state index in [2.05, 4.69) is 19.9 Å². The van der Waals surface area contributed by atoms with Crippen LogP contribution in [0.15, 0.2) is 47.8 Å². The molecule has 2 aliphatic rings. The Kier molecular flexibility index (Phi) is 4.60. The largest absolute Gasteiger partial charge is 0.386 e. The van der Waals surface area contributed by atoms with Gasteiger partial charge in [-0.25, -0.2) is 12.8 Å². The van der Waals surface area contributed by atoms with Crippen LogP contribution in [0.3, 0.4) is 0 Å². The third-order valence-electron chi connectivity index (χ3n) is 6.79. The van der Waals surface area contributed by atoms with E-state index in [0.29, 0.717) is 12.1 Å². The zero-order chi connectivity index (χ0) is 22.7. The number of hydrogen-bond donors (Lipinski definition) is 1. The number of rotatable bonds is 4. The van der Waals surface area contributed by atoms with E-state index in [9.17, 15) is 12.8 Å². The summed E-state index contributed by atoms with van der Waals surface area (Å²) in [6, 6.07) is 7.13. The smallest absolute Gasteiger partial charge is 0.165 e. The van der Waals surface area contributed by atoms with Gasteiger partial charge in [0, 0.05) is 30.1 Å². The molecule has 0 bridgehead atoms. The van der Waals surface area contributed by atoms with Crippen molar-refractivity contribution in [2.24, 2.45) is 16.6 Å². The predicted molar refractivity (Wildman–Crippen MR) is 120 cm³/mol. The van der Waals surface area contributed by atoms with Crippen molar-refractivity contribution in [2.45, 2.75) is 43.4 Å². The predicted octanol–water partition coefficient (Wildman–Crippen LogP) is 2.92. The van der Waals surface area contributed by atoms with Gasteiger partial charge in [-0.15, -0.1) is 0 Å². The Labute approximate surface area is 185 Å². The number of nitrogens with two attached hydrogens (primary N) is 1. The molecule has 2 N–H and O–H groups in total. The van der Waals surface area contributed by atoms with E-state index in [1.54, 1.807) is 32.3 Å². The minimum Gasteiger partial charge on any atom is -0.386 e. The van der Waals surface area contributed by atoms with Crippen molar-refractivity contribution in [3.63, 3.8) is 0 Å². The highest BCUT2D eigenvalue weighted by Gasteiger charge is 2.58. The van der Waals surface area contributed by atoms with Crippen LogP contribution < -0.4 is 5.73 Å². The lowest BCUT2D eigenvalue weighted by atomic mass is 9.92. The maximum Gasteiger partial charge on any atom is 0.165 e. The van der Waals surface area contributed by atoms with E-state index in [1.807, 2.05) is 18.2 Å². The van der Waals surface area contributed by atoms with Gasteiger partial charge < -0.3 is 5.73 Å². The average Bonchev–Trinajstić information content (AvgIpc) is 3.59. The fourth-order valence-electron chi connectivity index (χ4n) is 4.69. The van der Waals surface area contributed by atoms with Gasteiger partial charge in [-0.1, -0.05) is 0 Å². The van der Waals surface area contributed by atoms with Crippen LogP contribution >= 0.6 is 0 Å². The number of pyridine rings is 3. The molecule has 5 rings (SSSR count). The molecule has 1 aliphatic heterocycles. The van der Waals surface area contributed by atoms with E-state index >= 15 is 0 Å². The van der Waals surface area contributed by atoms with Gasteiger partial charge >= 0.3 is 0 Å². The lowest BCUT2D eigenvalue weighted by Crippen LogP contribution is -2.58. The fourth-order valence-corrected chi connectivity index (χ4v) is 7.06. The summed E-state index contributed by atoms with van der Waals surface area (Å²) in [5.41, 5.74) is 8.08. The molecule has 0 amide bonds. The summed E-state index contributed by atoms with van der Waals surface area (Å²) in [6.45, 7) is 3.27. The number of aromatic nitrogens is 3. The van der Waals surface area contributed by atoms with E-state index in [4.69, 9.17) is 5.73 Å². The molecule has 2 atom stereocenters. The van der Waals surface area contributed by atoms with Crippen LogP contribution in [0.1, 0.15) is 43.5 Å². The lowest BCUT2D eigenvalue weighted by molar-refractivity contribution is 0.461. The molecule has 32 heavy (non-hydrogen) atoms. The van der Waals surface area contributed by atoms with Crippen molar-refractivity contribution < 1.29 is 12.8 Å². The molecule has 1 fully saturated rings. The number of halogens is 1. The maximum absolute atomic E-state index is 14.9. The average molecular weight is 454 g/mol. The second kappa shape index (κ2) is 7.03. The Morgan fingerprint density at radius 2 is 1.94 bits per heavy atom. The van der Waals surface area contributed by atoms with Crippen LogP contribution in [0.4, 0.5) is 4.39 Å². The Hall–Kier alpha value is -2.94. The number of fused-ring (bicyclic) bond motifs is 1. The van der Waals surface area contributed by atoms with Crippen LogP contribution in [-0.2, 0) is 21.8 Å². The van der Waals surface area contributed by atoms with Crippen molar-refractivity contribution in [3.05, 3.63) is 65.5 Å². The number of amidine groups is 1. The zero-order valence-corrected chi connectivity index (χ0v) is 18.7. The topological polar surface area (TPSA) is 111 Å². The summed E-state index contributed by atoms with van der Waals surface area (Å²) in [6.07, 6.45) is 6.53. The first-order valence-corrected chi connectivity index (χ1v) is 12.2. The fraction of sp³-hybridized carbons (Fsp3) is 0.391. The van der Waals surface area contributed by atoms with Gasteiger partial charge in [0.2, 0.25) is 0 Å². The summed E-state index contributed by atoms with van der Waals surface area (Å²) in [5, 5.41) is 0. The van der Waals surface area contributed by atoms with E-state index in [-0.39, 0.29) is 23.1 Å². The van der Waals surface area contributed by atoms with Gasteiger partial charge in [0.25, 0.3) is 0 Å². The molecule has 3 aromatic rings. The van der Waals surface area contributed by atoms with E-state index < -0.39 is 25.9 Å². The lowest BCUT2D eigenvalue weighted by Gasteiger charge is -2.40. The number of hydrogen-bond acceptors (Lipinski definition) is 7. The first kappa shape index (κ1) is 20.9. The highest BCUT2D eigenvalue weighted by molar-refractivity contribution is 7.93. The molecule has 3 aromatic heterocycles. The molecule has 7 nitrogen and oxygen atoms in total. The van der Waals surface area contributed by atoms with Crippen molar-refractivity contribution in [2.75, 3.05) is 5.75 Å². The highest BCUT2D eigenvalue weighted by atomic mass is 32.2. The van der Waals surface area contributed by atoms with Crippen LogP contribution in [0, 0.1) is 11.7 Å². The summed E-state index contributed by atoms with van der Waals surface area (Å²) < 4.78 is 40.4. The minimum absolute atomic E-state index is 0.0221. The summed E-state index contributed by atoms with van der Waals surface area (Å²) in [5.74, 6) is -0.855. The quantitative estimate of drug-likeness (QED) is 0.650. The normalized spacial score (nSPS) is 27.3. The molecule has 166 valence electrons. The Morgan fingerprint density at radius 1 is 1.16 bits per heavy atom. The zero-order valence-electron chi connectivity index (χ0n) is 17.9. The van der Waals surface area contributed by atoms with Crippen molar-refractivity contribution in [1.29, 1.82) is 0 Å². The molecule has 0 aromatic carbocycles. The first-order valence-electron chi connectivity index (χ1n) is 10.6. The Balaban J connectivity index is 1.56. The molecular weight excluding hydrogens is 429 g/mol. The van der Waals surface area contributed by atoms with Crippen LogP contribution in [0.5, 0.6) is 0 Å². The molecule has 1 aliphatic carbocycles. The molecule has 4 heterocycles. The van der Waals surface area contributed by atoms with Gasteiger partial charge in [0.15, 0.2) is 9.84 Å². The van der Waals surface area contributed by atoms with E-state index in [1.165, 1.54) is 0 Å². The number of nitrogens with zero attached hydrogens (tertiary/aromatic N) is 4. The van der Waals surface area contributed by atoms with Gasteiger partial charge in [-0.3, -0.25) is 19.9 Å². The van der Waals surface area contributed by atoms with Gasteiger partial charge in [-0.2, -0.15) is 0 Å². The Morgan fingerprint density at radius 3 is 2.66 bits per heavy atom. The van der Waals surface area contributed by atoms with Crippen molar-refractivity contribution in [3.8, 4) is 0 Å². The van der Waals surface area contributed by atoms with Gasteiger partial charge in [0.1, 0.15) is 21.9 Å². The number of sulfone groups is 1. The third kappa shape index (κ3) is 3.18. The van der Waals surface area contributed by atoms with Crippen LogP contribution in [-0.4, -0.2) is 39.7 Å². The molecular formula is C23H24FN5O2S. The summed E-state index contributed by atoms with van der Waals surface area (Å²) in [7, 11) is -3.64. The standard InChI is InChI=1S/C23H24FN5O2S/c1-22(13-32(30,31)23(2,15-5-6-15)21(25)29-22)17-11-16(28-12-18(17)24)10-14-7-9-26-19-4-3-8-27-20(14)19/h3-4,7-9,11-12,15H,5-6,10,13H2,1-2H3,(H2,25,29)/t22-,23-/m0/s1. The van der Waals surface area contributed by atoms with E-state index in [0.717, 1.165) is 35.6 Å². The van der Waals surface area contributed by atoms with Crippen molar-refractivity contribution >= 4 is 26.7 Å². The molecule has 0 saturated heterocycles. The SMILES string of the molecule is C[C@@]1(c2cc(Cc3ccnc4cccnc34)ncc2F)CS(=O)(=O)[C@@](C)(C2CC2)C(N)=N1. The minimum atomic E-state index is -3.64. The second-order valence-electron chi connectivity index (χ2n) is 9.08. The maximum atomic E-state index is 14.9. The first-order chi connectivity index (χ1) is 15.1. The summed E-state index contributed by atoms with van der Waals surface area (Å²) in [4.78, 5) is 17.5. The van der Waals surface area contributed by atoms with Crippen LogP contribution in [0.25, 0.3) is 11.0 Å². The summed E-state index contributed by atoms with van der Waals surface area (Å²) >= 11 is 0. The monoisotopic (exact) mass is 453 g/mol. The Bertz CT molecular complexity index is 1370. The molecule has 9 heteroatoms. The molecule has 0 radical (unpaired) electrons.